The molecule has 0 amide bonds. The van der Waals surface area contributed by atoms with E-state index in [0.29, 0.717) is 21.3 Å². The molecule has 0 atom stereocenters. The maximum atomic E-state index is 12.1. The summed E-state index contributed by atoms with van der Waals surface area (Å²) in [5.41, 5.74) is 3.46. The van der Waals surface area contributed by atoms with Gasteiger partial charge in [0.05, 0.1) is 0 Å². The second-order valence-corrected chi connectivity index (χ2v) is 4.68. The Hall–Kier alpha value is -1.99. The van der Waals surface area contributed by atoms with Crippen LogP contribution in [0.5, 0.6) is 0 Å². The van der Waals surface area contributed by atoms with Crippen molar-refractivity contribution in [2.45, 2.75) is 0 Å². The highest BCUT2D eigenvalue weighted by Crippen LogP contribution is 2.41. The SMILES string of the molecule is N#[N+]c1cc2c(cc1Br)-c1ccccc1C2=O. The third-order valence-corrected chi connectivity index (χ3v) is 3.54. The molecule has 0 N–H and O–H groups in total. The number of benzene rings is 2. The molecule has 0 fully saturated rings. The van der Waals surface area contributed by atoms with E-state index >= 15 is 0 Å². The predicted molar refractivity (Wildman–Crippen MR) is 67.8 cm³/mol. The first kappa shape index (κ1) is 10.2. The van der Waals surface area contributed by atoms with Gasteiger partial charge in [0, 0.05) is 17.2 Å². The molecule has 0 aromatic heterocycles. The molecule has 0 saturated heterocycles. The Kier molecular flexibility index (Phi) is 2.10. The fourth-order valence-electron chi connectivity index (χ4n) is 2.11. The number of diazo groups is 1. The fraction of sp³-hybridized carbons (Fsp3) is 0. The maximum Gasteiger partial charge on any atom is 0.399 e. The second kappa shape index (κ2) is 3.51. The van der Waals surface area contributed by atoms with Gasteiger partial charge in [-0.05, 0) is 33.1 Å². The number of halogens is 1. The third-order valence-electron chi connectivity index (χ3n) is 2.90. The normalized spacial score (nSPS) is 11.9. The zero-order valence-electron chi connectivity index (χ0n) is 8.64. The van der Waals surface area contributed by atoms with E-state index in [1.165, 1.54) is 0 Å². The van der Waals surface area contributed by atoms with E-state index in [1.807, 2.05) is 24.3 Å². The molecule has 0 aliphatic heterocycles. The van der Waals surface area contributed by atoms with Crippen molar-refractivity contribution in [2.24, 2.45) is 0 Å². The lowest BCUT2D eigenvalue weighted by molar-refractivity contribution is 0.104. The lowest BCUT2D eigenvalue weighted by Crippen LogP contribution is -1.94. The summed E-state index contributed by atoms with van der Waals surface area (Å²) in [7, 11) is 0. The molecule has 0 saturated carbocycles. The first-order chi connectivity index (χ1) is 8.22. The van der Waals surface area contributed by atoms with Crippen LogP contribution < -0.4 is 0 Å². The standard InChI is InChI=1S/C13H6BrN2O/c14-11-5-9-7-3-1-2-4-8(7)13(17)10(9)6-12(11)16-15/h1-6H/q+1. The number of fused-ring (bicyclic) bond motifs is 3. The largest absolute Gasteiger partial charge is 0.399 e. The second-order valence-electron chi connectivity index (χ2n) is 3.82. The van der Waals surface area contributed by atoms with Crippen molar-refractivity contribution in [3.8, 4) is 11.1 Å². The summed E-state index contributed by atoms with van der Waals surface area (Å²) < 4.78 is 0.670. The van der Waals surface area contributed by atoms with E-state index in [9.17, 15) is 4.79 Å². The Bertz CT molecular complexity index is 701. The van der Waals surface area contributed by atoms with Crippen molar-refractivity contribution < 1.29 is 4.79 Å². The Balaban J connectivity index is 2.37. The highest BCUT2D eigenvalue weighted by Gasteiger charge is 2.30. The first-order valence-corrected chi connectivity index (χ1v) is 5.84. The molecule has 2 aromatic carbocycles. The van der Waals surface area contributed by atoms with E-state index in [2.05, 4.69) is 20.9 Å². The van der Waals surface area contributed by atoms with Gasteiger partial charge in [0.2, 0.25) is 5.39 Å². The summed E-state index contributed by atoms with van der Waals surface area (Å²) in [6.45, 7) is 0. The Morgan fingerprint density at radius 2 is 1.71 bits per heavy atom. The summed E-state index contributed by atoms with van der Waals surface area (Å²) in [6.07, 6.45) is 0. The quantitative estimate of drug-likeness (QED) is 0.583. The average Bonchev–Trinajstić information content (AvgIpc) is 2.63. The number of carbonyl (C=O) groups excluding carboxylic acids is 1. The molecule has 1 aliphatic rings. The number of hydrogen-bond donors (Lipinski definition) is 0. The summed E-state index contributed by atoms with van der Waals surface area (Å²) in [6, 6.07) is 10.9. The van der Waals surface area contributed by atoms with Crippen LogP contribution in [0, 0.1) is 5.39 Å². The van der Waals surface area contributed by atoms with Gasteiger partial charge in [-0.15, -0.1) is 0 Å². The number of carbonyl (C=O) groups is 1. The van der Waals surface area contributed by atoms with Crippen LogP contribution >= 0.6 is 15.9 Å². The van der Waals surface area contributed by atoms with Gasteiger partial charge in [-0.1, -0.05) is 24.3 Å². The molecule has 3 nitrogen and oxygen atoms in total. The molecule has 0 spiro atoms. The van der Waals surface area contributed by atoms with E-state index in [-0.39, 0.29) is 5.78 Å². The summed E-state index contributed by atoms with van der Waals surface area (Å²) in [4.78, 5) is 15.3. The molecule has 80 valence electrons. The average molecular weight is 286 g/mol. The highest BCUT2D eigenvalue weighted by molar-refractivity contribution is 9.10. The van der Waals surface area contributed by atoms with Crippen molar-refractivity contribution in [3.05, 3.63) is 57.0 Å². The first-order valence-electron chi connectivity index (χ1n) is 5.05. The van der Waals surface area contributed by atoms with Gasteiger partial charge in [-0.3, -0.25) is 4.79 Å². The smallest absolute Gasteiger partial charge is 0.289 e. The molecule has 0 radical (unpaired) electrons. The zero-order valence-corrected chi connectivity index (χ0v) is 10.2. The van der Waals surface area contributed by atoms with Crippen molar-refractivity contribution in [3.63, 3.8) is 0 Å². The highest BCUT2D eigenvalue weighted by atomic mass is 79.9. The minimum absolute atomic E-state index is 0.0204. The van der Waals surface area contributed by atoms with Crippen LogP contribution in [0.25, 0.3) is 16.1 Å². The van der Waals surface area contributed by atoms with Crippen LogP contribution in [0.15, 0.2) is 40.9 Å². The van der Waals surface area contributed by atoms with E-state index in [4.69, 9.17) is 5.39 Å². The van der Waals surface area contributed by atoms with Gasteiger partial charge in [-0.2, -0.15) is 0 Å². The number of rotatable bonds is 0. The van der Waals surface area contributed by atoms with Gasteiger partial charge in [0.15, 0.2) is 10.8 Å². The van der Waals surface area contributed by atoms with Crippen LogP contribution in [0.2, 0.25) is 0 Å². The monoisotopic (exact) mass is 285 g/mol. The van der Waals surface area contributed by atoms with E-state index in [1.54, 1.807) is 12.1 Å². The lowest BCUT2D eigenvalue weighted by atomic mass is 10.1. The van der Waals surface area contributed by atoms with Crippen LogP contribution in [0.1, 0.15) is 15.9 Å². The molecule has 4 heteroatoms. The molecule has 0 unspecified atom stereocenters. The predicted octanol–water partition coefficient (Wildman–Crippen LogP) is 4.15. The zero-order chi connectivity index (χ0) is 12.0. The Labute approximate surface area is 106 Å². The van der Waals surface area contributed by atoms with Gasteiger partial charge < -0.3 is 0 Å². The minimum atomic E-state index is -0.0204. The Morgan fingerprint density at radius 1 is 1.00 bits per heavy atom. The van der Waals surface area contributed by atoms with Crippen molar-refractivity contribution in [2.75, 3.05) is 0 Å². The molecular weight excluding hydrogens is 280 g/mol. The molecular formula is C13H6BrN2O+. The van der Waals surface area contributed by atoms with Crippen LogP contribution in [0.4, 0.5) is 5.69 Å². The summed E-state index contributed by atoms with van der Waals surface area (Å²) in [5, 5.41) is 8.84. The lowest BCUT2D eigenvalue weighted by Gasteiger charge is -1.97. The minimum Gasteiger partial charge on any atom is -0.289 e. The molecule has 0 heterocycles. The summed E-state index contributed by atoms with van der Waals surface area (Å²) in [5.74, 6) is -0.0204. The van der Waals surface area contributed by atoms with Gasteiger partial charge in [0.25, 0.3) is 0 Å². The van der Waals surface area contributed by atoms with Crippen molar-refractivity contribution in [1.29, 1.82) is 5.39 Å². The molecule has 0 bridgehead atoms. The molecule has 1 aliphatic carbocycles. The van der Waals surface area contributed by atoms with Crippen LogP contribution in [-0.4, -0.2) is 5.78 Å². The Morgan fingerprint density at radius 3 is 2.41 bits per heavy atom. The molecule has 3 rings (SSSR count). The summed E-state index contributed by atoms with van der Waals surface area (Å²) >= 11 is 3.32. The third kappa shape index (κ3) is 1.33. The van der Waals surface area contributed by atoms with Crippen molar-refractivity contribution >= 4 is 27.4 Å². The van der Waals surface area contributed by atoms with Crippen LogP contribution in [0.3, 0.4) is 0 Å². The topological polar surface area (TPSA) is 45.2 Å². The van der Waals surface area contributed by atoms with Gasteiger partial charge in [0.1, 0.15) is 4.47 Å². The van der Waals surface area contributed by atoms with E-state index < -0.39 is 0 Å². The number of nitrogens with zero attached hydrogens (tertiary/aromatic N) is 2. The molecule has 17 heavy (non-hydrogen) atoms. The van der Waals surface area contributed by atoms with Gasteiger partial charge >= 0.3 is 5.69 Å². The van der Waals surface area contributed by atoms with Gasteiger partial charge in [-0.25, -0.2) is 0 Å². The molecule has 2 aromatic rings. The maximum absolute atomic E-state index is 12.1. The number of ketones is 1. The van der Waals surface area contributed by atoms with E-state index in [0.717, 1.165) is 11.1 Å². The number of hydrogen-bond acceptors (Lipinski definition) is 2. The fourth-order valence-corrected chi connectivity index (χ4v) is 2.53. The van der Waals surface area contributed by atoms with Crippen molar-refractivity contribution in [1.82, 2.24) is 0 Å². The van der Waals surface area contributed by atoms with Crippen LogP contribution in [-0.2, 0) is 0 Å².